The highest BCUT2D eigenvalue weighted by Gasteiger charge is 2.60. The third-order valence-electron chi connectivity index (χ3n) is 11.8. The number of carboxylic acid groups (broad SMARTS) is 1. The zero-order chi connectivity index (χ0) is 25.2. The lowest BCUT2D eigenvalue weighted by Gasteiger charge is -2.61. The summed E-state index contributed by atoms with van der Waals surface area (Å²) in [6.45, 7) is 10.4. The smallest absolute Gasteiger partial charge is 0.306 e. The first-order valence-electron chi connectivity index (χ1n) is 15.0. The van der Waals surface area contributed by atoms with Crippen molar-refractivity contribution in [1.82, 2.24) is 0 Å². The number of carbonyl (C=O) groups is 2. The number of carboxylic acids is 1. The number of hydrogen-bond acceptors (Lipinski definition) is 3. The Kier molecular flexibility index (Phi) is 8.58. The molecule has 0 radical (unpaired) electrons. The van der Waals surface area contributed by atoms with Crippen molar-refractivity contribution in [2.45, 2.75) is 124 Å². The lowest BCUT2D eigenvalue weighted by molar-refractivity contribution is -0.148. The molecule has 4 aliphatic rings. The molecule has 0 bridgehead atoms. The normalized spacial score (nSPS) is 40.2. The second-order valence-electron chi connectivity index (χ2n) is 13.7. The largest absolute Gasteiger partial charge is 0.481 e. The molecule has 4 nitrogen and oxygen atoms in total. The van der Waals surface area contributed by atoms with Gasteiger partial charge in [-0.1, -0.05) is 53.4 Å². The highest BCUT2D eigenvalue weighted by molar-refractivity contribution is 5.76. The van der Waals surface area contributed by atoms with Gasteiger partial charge in [0.2, 0.25) is 0 Å². The van der Waals surface area contributed by atoms with Crippen molar-refractivity contribution in [3.05, 3.63) is 0 Å². The van der Waals surface area contributed by atoms with E-state index >= 15 is 0 Å². The summed E-state index contributed by atoms with van der Waals surface area (Å²) < 4.78 is 5.29. The van der Waals surface area contributed by atoms with Gasteiger partial charge >= 0.3 is 11.9 Å². The van der Waals surface area contributed by atoms with E-state index in [9.17, 15) is 9.59 Å². The van der Waals surface area contributed by atoms with Crippen LogP contribution in [0.3, 0.4) is 0 Å². The number of aliphatic carboxylic acids is 1. The van der Waals surface area contributed by atoms with Crippen molar-refractivity contribution < 1.29 is 19.4 Å². The van der Waals surface area contributed by atoms with Crippen LogP contribution in [-0.2, 0) is 14.3 Å². The molecule has 4 aliphatic carbocycles. The van der Waals surface area contributed by atoms with E-state index in [-0.39, 0.29) is 18.8 Å². The molecule has 4 heteroatoms. The molecule has 0 aromatic heterocycles. The number of ether oxygens (including phenoxy) is 1. The van der Waals surface area contributed by atoms with Crippen LogP contribution in [0.15, 0.2) is 0 Å². The molecule has 4 saturated carbocycles. The molecule has 200 valence electrons. The van der Waals surface area contributed by atoms with Gasteiger partial charge < -0.3 is 9.84 Å². The van der Waals surface area contributed by atoms with E-state index in [1.54, 1.807) is 0 Å². The van der Waals surface area contributed by atoms with Crippen LogP contribution in [0.25, 0.3) is 0 Å². The fourth-order valence-electron chi connectivity index (χ4n) is 9.86. The van der Waals surface area contributed by atoms with E-state index < -0.39 is 5.97 Å². The van der Waals surface area contributed by atoms with Gasteiger partial charge in [0, 0.05) is 0 Å². The molecular formula is C31H52O4. The van der Waals surface area contributed by atoms with Gasteiger partial charge in [0.05, 0.1) is 19.4 Å². The average molecular weight is 489 g/mol. The summed E-state index contributed by atoms with van der Waals surface area (Å²) in [6, 6.07) is 0. The molecule has 0 amide bonds. The maximum Gasteiger partial charge on any atom is 0.306 e. The number of esters is 1. The van der Waals surface area contributed by atoms with E-state index in [0.29, 0.717) is 23.4 Å². The molecule has 0 aromatic carbocycles. The van der Waals surface area contributed by atoms with Crippen molar-refractivity contribution in [3.63, 3.8) is 0 Å². The summed E-state index contributed by atoms with van der Waals surface area (Å²) in [6.07, 6.45) is 18.2. The van der Waals surface area contributed by atoms with Crippen molar-refractivity contribution in [2.24, 2.45) is 52.3 Å². The van der Waals surface area contributed by atoms with Gasteiger partial charge in [-0.15, -0.1) is 0 Å². The van der Waals surface area contributed by atoms with Crippen molar-refractivity contribution in [1.29, 1.82) is 0 Å². The van der Waals surface area contributed by atoms with Gasteiger partial charge in [-0.2, -0.15) is 0 Å². The van der Waals surface area contributed by atoms with Gasteiger partial charge in [0.25, 0.3) is 0 Å². The van der Waals surface area contributed by atoms with E-state index in [1.165, 1.54) is 77.0 Å². The summed E-state index contributed by atoms with van der Waals surface area (Å²) >= 11 is 0. The molecule has 0 saturated heterocycles. The first-order chi connectivity index (χ1) is 16.6. The Hall–Kier alpha value is -1.06. The molecule has 2 unspecified atom stereocenters. The fraction of sp³-hybridized carbons (Fsp3) is 0.935. The monoisotopic (exact) mass is 488 g/mol. The molecule has 4 fully saturated rings. The number of hydrogen-bond donors (Lipinski definition) is 1. The Morgan fingerprint density at radius 1 is 0.886 bits per heavy atom. The van der Waals surface area contributed by atoms with Gasteiger partial charge in [-0.3, -0.25) is 9.59 Å². The summed E-state index contributed by atoms with van der Waals surface area (Å²) in [5.74, 6) is 4.59. The van der Waals surface area contributed by atoms with Crippen LogP contribution < -0.4 is 0 Å². The Morgan fingerprint density at radius 2 is 1.66 bits per heavy atom. The van der Waals surface area contributed by atoms with Crippen LogP contribution in [0, 0.1) is 52.3 Å². The SMILES string of the molecule is CC(CCC[C@@H](C)[C@H]1CC[C@H]2[C@@H]3CCC4CCCC[C@]4(C)[C@H]3CC[C@]12C)COC(=O)CCC(=O)O. The van der Waals surface area contributed by atoms with Crippen molar-refractivity contribution >= 4 is 11.9 Å². The zero-order valence-corrected chi connectivity index (χ0v) is 23.0. The zero-order valence-electron chi connectivity index (χ0n) is 23.0. The Morgan fingerprint density at radius 3 is 2.43 bits per heavy atom. The Balaban J connectivity index is 1.25. The van der Waals surface area contributed by atoms with Crippen LogP contribution in [-0.4, -0.2) is 23.7 Å². The van der Waals surface area contributed by atoms with E-state index in [1.807, 2.05) is 0 Å². The number of fused-ring (bicyclic) bond motifs is 5. The maximum absolute atomic E-state index is 11.7. The number of rotatable bonds is 10. The van der Waals surface area contributed by atoms with Gasteiger partial charge in [0.15, 0.2) is 0 Å². The van der Waals surface area contributed by atoms with E-state index in [0.717, 1.165) is 41.9 Å². The van der Waals surface area contributed by atoms with Crippen molar-refractivity contribution in [3.8, 4) is 0 Å². The highest BCUT2D eigenvalue weighted by atomic mass is 16.5. The van der Waals surface area contributed by atoms with Crippen LogP contribution in [0.1, 0.15) is 124 Å². The minimum absolute atomic E-state index is 0.0256. The third-order valence-corrected chi connectivity index (χ3v) is 11.8. The molecular weight excluding hydrogens is 436 g/mol. The summed E-state index contributed by atoms with van der Waals surface area (Å²) in [5, 5.41) is 8.70. The lowest BCUT2D eigenvalue weighted by Crippen LogP contribution is -2.53. The maximum atomic E-state index is 11.7. The number of carbonyl (C=O) groups excluding carboxylic acids is 1. The molecule has 0 aliphatic heterocycles. The molecule has 0 spiro atoms. The van der Waals surface area contributed by atoms with Crippen LogP contribution in [0.4, 0.5) is 0 Å². The van der Waals surface area contributed by atoms with Crippen LogP contribution >= 0.6 is 0 Å². The standard InChI is InChI=1S/C31H52O4/c1-21(20-35-29(34)16-15-28(32)33)8-7-9-22(2)25-13-14-26-24-12-11-23-10-5-6-18-30(23,3)27(24)17-19-31(25,26)4/h21-27H,5-20H2,1-4H3,(H,32,33)/t21?,22-,23?,24+,25-,26+,27+,30+,31-/m1/s1. The predicted octanol–water partition coefficient (Wildman–Crippen LogP) is 7.89. The Bertz CT molecular complexity index is 748. The predicted molar refractivity (Wildman–Crippen MR) is 140 cm³/mol. The average Bonchev–Trinajstić information content (AvgIpc) is 3.18. The van der Waals surface area contributed by atoms with E-state index in [4.69, 9.17) is 9.84 Å². The fourth-order valence-corrected chi connectivity index (χ4v) is 9.86. The second kappa shape index (κ2) is 11.1. The van der Waals surface area contributed by atoms with Crippen LogP contribution in [0.2, 0.25) is 0 Å². The van der Waals surface area contributed by atoms with Gasteiger partial charge in [-0.25, -0.2) is 0 Å². The van der Waals surface area contributed by atoms with Gasteiger partial charge in [0.1, 0.15) is 0 Å². The second-order valence-corrected chi connectivity index (χ2v) is 13.7. The molecule has 1 N–H and O–H groups in total. The lowest BCUT2D eigenvalue weighted by atomic mass is 9.44. The minimum Gasteiger partial charge on any atom is -0.481 e. The molecule has 0 heterocycles. The van der Waals surface area contributed by atoms with Gasteiger partial charge in [-0.05, 0) is 110 Å². The summed E-state index contributed by atoms with van der Waals surface area (Å²) in [5.41, 5.74) is 1.18. The highest BCUT2D eigenvalue weighted by Crippen LogP contribution is 2.68. The quantitative estimate of drug-likeness (QED) is 0.318. The topological polar surface area (TPSA) is 63.6 Å². The first kappa shape index (κ1) is 27.0. The first-order valence-corrected chi connectivity index (χ1v) is 15.0. The third kappa shape index (κ3) is 5.61. The Labute approximate surface area is 214 Å². The van der Waals surface area contributed by atoms with Crippen LogP contribution in [0.5, 0.6) is 0 Å². The summed E-state index contributed by atoms with van der Waals surface area (Å²) in [7, 11) is 0. The molecule has 4 rings (SSSR count). The van der Waals surface area contributed by atoms with E-state index in [2.05, 4.69) is 27.7 Å². The summed E-state index contributed by atoms with van der Waals surface area (Å²) in [4.78, 5) is 22.3. The minimum atomic E-state index is -0.948. The molecule has 0 aromatic rings. The molecule has 35 heavy (non-hydrogen) atoms. The molecule has 9 atom stereocenters. The van der Waals surface area contributed by atoms with Crippen molar-refractivity contribution in [2.75, 3.05) is 6.61 Å².